The van der Waals surface area contributed by atoms with E-state index in [1.54, 1.807) is 29.2 Å². The van der Waals surface area contributed by atoms with Crippen molar-refractivity contribution in [3.63, 3.8) is 0 Å². The molecule has 1 aromatic heterocycles. The van der Waals surface area contributed by atoms with Crippen LogP contribution in [-0.4, -0.2) is 36.0 Å². The second-order valence-electron chi connectivity index (χ2n) is 5.52. The predicted octanol–water partition coefficient (Wildman–Crippen LogP) is 1.73. The molecular formula is C15H17N3O4S. The summed E-state index contributed by atoms with van der Waals surface area (Å²) in [5.74, 6) is -0.0972. The van der Waals surface area contributed by atoms with E-state index in [-0.39, 0.29) is 23.6 Å². The van der Waals surface area contributed by atoms with Gasteiger partial charge in [-0.1, -0.05) is 35.4 Å². The Kier molecular flexibility index (Phi) is 4.16. The van der Waals surface area contributed by atoms with Crippen LogP contribution in [0.4, 0.5) is 0 Å². The van der Waals surface area contributed by atoms with Gasteiger partial charge in [0.1, 0.15) is 6.04 Å². The third-order valence-corrected chi connectivity index (χ3v) is 5.24. The zero-order valence-corrected chi connectivity index (χ0v) is 13.5. The Labute approximate surface area is 134 Å². The van der Waals surface area contributed by atoms with E-state index in [0.717, 1.165) is 6.42 Å². The van der Waals surface area contributed by atoms with Gasteiger partial charge in [-0.2, -0.15) is 0 Å². The largest absolute Gasteiger partial charge is 0.410 e. The average Bonchev–Trinajstić information content (AvgIpc) is 3.17. The van der Waals surface area contributed by atoms with Crippen molar-refractivity contribution in [1.29, 1.82) is 0 Å². The number of rotatable bonds is 4. The molecule has 1 aliphatic rings. The molecule has 122 valence electrons. The molecular weight excluding hydrogens is 318 g/mol. The molecule has 0 spiro atoms. The van der Waals surface area contributed by atoms with Crippen LogP contribution in [0, 0.1) is 0 Å². The van der Waals surface area contributed by atoms with E-state index in [4.69, 9.17) is 4.42 Å². The van der Waals surface area contributed by atoms with E-state index < -0.39 is 15.1 Å². The van der Waals surface area contributed by atoms with Gasteiger partial charge in [0.2, 0.25) is 21.6 Å². The summed E-state index contributed by atoms with van der Waals surface area (Å²) in [7, 11) is -3.70. The first-order chi connectivity index (χ1) is 11.0. The van der Waals surface area contributed by atoms with Crippen LogP contribution in [0.1, 0.15) is 37.3 Å². The van der Waals surface area contributed by atoms with E-state index in [2.05, 4.69) is 10.2 Å². The number of carbonyl (C=O) groups excluding carboxylic acids is 1. The van der Waals surface area contributed by atoms with Crippen molar-refractivity contribution < 1.29 is 17.6 Å². The molecule has 1 saturated heterocycles. The second kappa shape index (κ2) is 6.11. The third kappa shape index (κ3) is 3.26. The fourth-order valence-electron chi connectivity index (χ4n) is 2.74. The van der Waals surface area contributed by atoms with Crippen molar-refractivity contribution in [2.24, 2.45) is 0 Å². The van der Waals surface area contributed by atoms with Crippen molar-refractivity contribution in [2.45, 2.75) is 36.8 Å². The van der Waals surface area contributed by atoms with Gasteiger partial charge in [0.15, 0.2) is 0 Å². The zero-order valence-electron chi connectivity index (χ0n) is 12.7. The van der Waals surface area contributed by atoms with Crippen molar-refractivity contribution in [3.05, 3.63) is 41.8 Å². The molecule has 23 heavy (non-hydrogen) atoms. The molecule has 0 N–H and O–H groups in total. The summed E-state index contributed by atoms with van der Waals surface area (Å²) in [5.41, 5.74) is 0.651. The third-order valence-electron chi connectivity index (χ3n) is 3.83. The lowest BCUT2D eigenvalue weighted by atomic mass is 10.2. The number of hydrogen-bond acceptors (Lipinski definition) is 6. The molecule has 0 bridgehead atoms. The fraction of sp³-hybridized carbons (Fsp3) is 0.400. The van der Waals surface area contributed by atoms with Crippen LogP contribution in [0.5, 0.6) is 0 Å². The summed E-state index contributed by atoms with van der Waals surface area (Å²) in [5, 5.41) is 7.13. The van der Waals surface area contributed by atoms with Gasteiger partial charge in [0.05, 0.1) is 5.75 Å². The van der Waals surface area contributed by atoms with Crippen LogP contribution in [0.3, 0.4) is 0 Å². The van der Waals surface area contributed by atoms with E-state index in [0.29, 0.717) is 18.5 Å². The Morgan fingerprint density at radius 3 is 2.74 bits per heavy atom. The standard InChI is InChI=1S/C15H17N3O4S/c1-11(19)18-9-5-8-13(18)14-16-17-15(22-14)23(20,21)10-12-6-3-2-4-7-12/h2-4,6-7,13H,5,8-10H2,1H3/t13-/m0/s1. The molecule has 0 radical (unpaired) electrons. The lowest BCUT2D eigenvalue weighted by Crippen LogP contribution is -2.28. The van der Waals surface area contributed by atoms with Crippen LogP contribution in [0.15, 0.2) is 40.0 Å². The van der Waals surface area contributed by atoms with E-state index >= 15 is 0 Å². The normalized spacial score (nSPS) is 18.3. The number of hydrogen-bond donors (Lipinski definition) is 0. The van der Waals surface area contributed by atoms with Gasteiger partial charge in [-0.3, -0.25) is 4.79 Å². The summed E-state index contributed by atoms with van der Waals surface area (Å²) in [6, 6.07) is 8.48. The molecule has 3 rings (SSSR count). The second-order valence-corrected chi connectivity index (χ2v) is 7.39. The quantitative estimate of drug-likeness (QED) is 0.844. The molecule has 8 heteroatoms. The highest BCUT2D eigenvalue weighted by Crippen LogP contribution is 2.31. The first-order valence-corrected chi connectivity index (χ1v) is 9.00. The number of likely N-dealkylation sites (tertiary alicyclic amines) is 1. The first kappa shape index (κ1) is 15.7. The van der Waals surface area contributed by atoms with E-state index in [9.17, 15) is 13.2 Å². The first-order valence-electron chi connectivity index (χ1n) is 7.34. The molecule has 1 aliphatic heterocycles. The van der Waals surface area contributed by atoms with Crippen molar-refractivity contribution in [2.75, 3.05) is 6.54 Å². The number of carbonyl (C=O) groups is 1. The summed E-state index contributed by atoms with van der Waals surface area (Å²) in [4.78, 5) is 13.2. The Hall–Kier alpha value is -2.22. The highest BCUT2D eigenvalue weighted by Gasteiger charge is 2.33. The van der Waals surface area contributed by atoms with Crippen molar-refractivity contribution >= 4 is 15.7 Å². The molecule has 1 amide bonds. The Morgan fingerprint density at radius 1 is 1.30 bits per heavy atom. The zero-order chi connectivity index (χ0) is 16.4. The SMILES string of the molecule is CC(=O)N1CCC[C@H]1c1nnc(S(=O)(=O)Cc2ccccc2)o1. The van der Waals surface area contributed by atoms with E-state index in [1.165, 1.54) is 6.92 Å². The van der Waals surface area contributed by atoms with Crippen molar-refractivity contribution in [3.8, 4) is 0 Å². The predicted molar refractivity (Wildman–Crippen MR) is 81.0 cm³/mol. The number of sulfone groups is 1. The minimum absolute atomic E-state index is 0.0839. The summed E-state index contributed by atoms with van der Waals surface area (Å²) >= 11 is 0. The Balaban J connectivity index is 1.82. The van der Waals surface area contributed by atoms with Gasteiger partial charge in [0, 0.05) is 13.5 Å². The molecule has 0 saturated carbocycles. The number of benzene rings is 1. The smallest absolute Gasteiger partial charge is 0.335 e. The van der Waals surface area contributed by atoms with Crippen LogP contribution in [0.2, 0.25) is 0 Å². The monoisotopic (exact) mass is 335 g/mol. The molecule has 2 aromatic rings. The number of aromatic nitrogens is 2. The van der Waals surface area contributed by atoms with Crippen LogP contribution in [0.25, 0.3) is 0 Å². The van der Waals surface area contributed by atoms with Gasteiger partial charge in [-0.25, -0.2) is 8.42 Å². The summed E-state index contributed by atoms with van der Waals surface area (Å²) in [6.07, 6.45) is 1.53. The summed E-state index contributed by atoms with van der Waals surface area (Å²) < 4.78 is 30.1. The van der Waals surface area contributed by atoms with Gasteiger partial charge < -0.3 is 9.32 Å². The van der Waals surface area contributed by atoms with Crippen molar-refractivity contribution in [1.82, 2.24) is 15.1 Å². The fourth-order valence-corrected chi connectivity index (χ4v) is 3.87. The lowest BCUT2D eigenvalue weighted by Gasteiger charge is -2.19. The number of amides is 1. The topological polar surface area (TPSA) is 93.4 Å². The van der Waals surface area contributed by atoms with Crippen LogP contribution < -0.4 is 0 Å². The Bertz CT molecular complexity index is 801. The average molecular weight is 335 g/mol. The Morgan fingerprint density at radius 2 is 2.04 bits per heavy atom. The number of nitrogens with zero attached hydrogens (tertiary/aromatic N) is 3. The minimum Gasteiger partial charge on any atom is -0.410 e. The van der Waals surface area contributed by atoms with Gasteiger partial charge >= 0.3 is 5.22 Å². The maximum atomic E-state index is 12.4. The van der Waals surface area contributed by atoms with Gasteiger partial charge in [-0.05, 0) is 18.4 Å². The van der Waals surface area contributed by atoms with Crippen LogP contribution in [-0.2, 0) is 20.4 Å². The maximum absolute atomic E-state index is 12.4. The highest BCUT2D eigenvalue weighted by atomic mass is 32.2. The molecule has 1 fully saturated rings. The lowest BCUT2D eigenvalue weighted by molar-refractivity contribution is -0.130. The molecule has 0 aliphatic carbocycles. The molecule has 0 unspecified atom stereocenters. The van der Waals surface area contributed by atoms with Gasteiger partial charge in [-0.15, -0.1) is 5.10 Å². The van der Waals surface area contributed by atoms with Crippen LogP contribution >= 0.6 is 0 Å². The molecule has 1 aromatic carbocycles. The van der Waals surface area contributed by atoms with E-state index in [1.807, 2.05) is 6.07 Å². The highest BCUT2D eigenvalue weighted by molar-refractivity contribution is 7.90. The molecule has 1 atom stereocenters. The molecule has 2 heterocycles. The summed E-state index contributed by atoms with van der Waals surface area (Å²) in [6.45, 7) is 2.09. The maximum Gasteiger partial charge on any atom is 0.335 e. The molecule has 7 nitrogen and oxygen atoms in total. The minimum atomic E-state index is -3.70. The van der Waals surface area contributed by atoms with Gasteiger partial charge in [0.25, 0.3) is 0 Å².